The number of amides is 1. The van der Waals surface area contributed by atoms with Crippen molar-refractivity contribution in [1.82, 2.24) is 3.11 Å². The van der Waals surface area contributed by atoms with E-state index in [1.807, 2.05) is 24.3 Å². The molecule has 3 heteroatoms. The van der Waals surface area contributed by atoms with Crippen LogP contribution in [0.1, 0.15) is 5.56 Å². The molecule has 0 bridgehead atoms. The van der Waals surface area contributed by atoms with E-state index in [2.05, 4.69) is 59.3 Å². The summed E-state index contributed by atoms with van der Waals surface area (Å²) in [5.74, 6) is 0.0801. The van der Waals surface area contributed by atoms with E-state index in [0.29, 0.717) is 0 Å². The lowest BCUT2D eigenvalue weighted by Gasteiger charge is -2.17. The molecule has 3 rings (SSSR count). The first-order valence-electron chi connectivity index (χ1n) is 6.55. The van der Waals surface area contributed by atoms with E-state index in [0.717, 1.165) is 6.42 Å². The average Bonchev–Trinajstić information content (AvgIpc) is 2.81. The molecule has 1 amide bonds. The number of hydrogen-bond acceptors (Lipinski definition) is 1. The molecule has 0 saturated carbocycles. The van der Waals surface area contributed by atoms with Gasteiger partial charge in [-0.2, -0.15) is 0 Å². The lowest BCUT2D eigenvalue weighted by molar-refractivity contribution is -0.120. The highest BCUT2D eigenvalue weighted by Gasteiger charge is 2.23. The van der Waals surface area contributed by atoms with Gasteiger partial charge in [0.2, 0.25) is 0 Å². The van der Waals surface area contributed by atoms with Gasteiger partial charge in [-0.15, -0.1) is 0 Å². The average molecular weight is 375 g/mol. The Balaban J connectivity index is 1.74. The largest absolute Gasteiger partial charge is 0.274 e. The topological polar surface area (TPSA) is 20.3 Å². The maximum absolute atomic E-state index is 11.4. The summed E-state index contributed by atoms with van der Waals surface area (Å²) in [6, 6.07) is 19.1. The van der Waals surface area contributed by atoms with E-state index < -0.39 is 0 Å². The minimum absolute atomic E-state index is 0.0801. The third-order valence-electron chi connectivity index (χ3n) is 3.47. The fourth-order valence-corrected chi connectivity index (χ4v) is 2.90. The molecule has 1 atom stereocenters. The highest BCUT2D eigenvalue weighted by molar-refractivity contribution is 14.1. The fraction of sp³-hybridized carbons (Fsp3) is 0.118. The summed E-state index contributed by atoms with van der Waals surface area (Å²) in [5, 5.41) is 0. The van der Waals surface area contributed by atoms with Gasteiger partial charge >= 0.3 is 0 Å². The standard InChI is InChI=1S/C17H14INO/c18-19-16(10-11-17(19)20)12-13-6-8-15(9-7-13)14-4-2-1-3-5-14/h1-11,16H,12H2/t16-/m0/s1. The molecule has 0 radical (unpaired) electrons. The van der Waals surface area contributed by atoms with E-state index >= 15 is 0 Å². The molecule has 0 fully saturated rings. The van der Waals surface area contributed by atoms with Crippen LogP contribution in [0.3, 0.4) is 0 Å². The van der Waals surface area contributed by atoms with Crippen LogP contribution < -0.4 is 0 Å². The van der Waals surface area contributed by atoms with Gasteiger partial charge in [0.25, 0.3) is 5.91 Å². The molecular formula is C17H14INO. The van der Waals surface area contributed by atoms with Gasteiger partial charge in [-0.3, -0.25) is 7.91 Å². The van der Waals surface area contributed by atoms with Crippen molar-refractivity contribution < 1.29 is 4.79 Å². The summed E-state index contributed by atoms with van der Waals surface area (Å²) in [5.41, 5.74) is 3.69. The second-order valence-electron chi connectivity index (χ2n) is 4.84. The van der Waals surface area contributed by atoms with Crippen molar-refractivity contribution in [3.05, 3.63) is 72.3 Å². The van der Waals surface area contributed by atoms with Gasteiger partial charge in [0.15, 0.2) is 0 Å². The second kappa shape index (κ2) is 5.79. The van der Waals surface area contributed by atoms with Crippen LogP contribution in [-0.2, 0) is 11.2 Å². The van der Waals surface area contributed by atoms with Crippen molar-refractivity contribution in [3.8, 4) is 11.1 Å². The maximum atomic E-state index is 11.4. The lowest BCUT2D eigenvalue weighted by Crippen LogP contribution is -2.25. The van der Waals surface area contributed by atoms with Gasteiger partial charge in [0.05, 0.1) is 28.9 Å². The number of nitrogens with zero attached hydrogens (tertiary/aromatic N) is 1. The Morgan fingerprint density at radius 2 is 1.60 bits per heavy atom. The molecule has 0 aliphatic carbocycles. The molecule has 1 heterocycles. The predicted octanol–water partition coefficient (Wildman–Crippen LogP) is 4.01. The molecule has 1 aliphatic heterocycles. The SMILES string of the molecule is O=C1C=C[C@@H](Cc2ccc(-c3ccccc3)cc2)N1I. The first-order valence-corrected chi connectivity index (χ1v) is 7.52. The summed E-state index contributed by atoms with van der Waals surface area (Å²) in [4.78, 5) is 11.4. The zero-order valence-electron chi connectivity index (χ0n) is 10.9. The van der Waals surface area contributed by atoms with Gasteiger partial charge in [-0.05, 0) is 23.1 Å². The Bertz CT molecular complexity index is 634. The highest BCUT2D eigenvalue weighted by atomic mass is 127. The minimum Gasteiger partial charge on any atom is -0.274 e. The van der Waals surface area contributed by atoms with Gasteiger partial charge in [-0.1, -0.05) is 60.7 Å². The highest BCUT2D eigenvalue weighted by Crippen LogP contribution is 2.23. The van der Waals surface area contributed by atoms with E-state index in [1.54, 1.807) is 9.19 Å². The second-order valence-corrected chi connectivity index (χ2v) is 5.88. The molecule has 1 aliphatic rings. The molecule has 2 aromatic rings. The van der Waals surface area contributed by atoms with Gasteiger partial charge in [0, 0.05) is 6.08 Å². The zero-order valence-corrected chi connectivity index (χ0v) is 13.0. The van der Waals surface area contributed by atoms with Crippen LogP contribution in [-0.4, -0.2) is 15.1 Å². The molecule has 0 aromatic heterocycles. The Hall–Kier alpha value is -1.62. The van der Waals surface area contributed by atoms with Crippen LogP contribution in [0, 0.1) is 0 Å². The van der Waals surface area contributed by atoms with Crippen molar-refractivity contribution in [2.75, 3.05) is 0 Å². The van der Waals surface area contributed by atoms with E-state index in [9.17, 15) is 4.79 Å². The van der Waals surface area contributed by atoms with Crippen LogP contribution in [0.5, 0.6) is 0 Å². The number of carbonyl (C=O) groups is 1. The van der Waals surface area contributed by atoms with Gasteiger partial charge in [-0.25, -0.2) is 0 Å². The molecule has 20 heavy (non-hydrogen) atoms. The van der Waals surface area contributed by atoms with E-state index in [4.69, 9.17) is 0 Å². The Labute approximate surface area is 132 Å². The molecular weight excluding hydrogens is 361 g/mol. The monoisotopic (exact) mass is 375 g/mol. The van der Waals surface area contributed by atoms with E-state index in [1.165, 1.54) is 16.7 Å². The smallest absolute Gasteiger partial charge is 0.255 e. The lowest BCUT2D eigenvalue weighted by atomic mass is 10.0. The normalized spacial score (nSPS) is 17.8. The zero-order chi connectivity index (χ0) is 13.9. The third kappa shape index (κ3) is 2.77. The number of halogens is 1. The first kappa shape index (κ1) is 13.4. The summed E-state index contributed by atoms with van der Waals surface area (Å²) in [6.45, 7) is 0. The van der Waals surface area contributed by atoms with Gasteiger partial charge in [0.1, 0.15) is 0 Å². The summed E-state index contributed by atoms with van der Waals surface area (Å²) < 4.78 is 1.75. The first-order chi connectivity index (χ1) is 9.74. The molecule has 100 valence electrons. The van der Waals surface area contributed by atoms with Crippen LogP contribution in [0.4, 0.5) is 0 Å². The Morgan fingerprint density at radius 1 is 0.950 bits per heavy atom. The number of carbonyl (C=O) groups excluding carboxylic acids is 1. The third-order valence-corrected chi connectivity index (χ3v) is 4.66. The van der Waals surface area contributed by atoms with Crippen molar-refractivity contribution in [2.24, 2.45) is 0 Å². The van der Waals surface area contributed by atoms with Crippen molar-refractivity contribution in [1.29, 1.82) is 0 Å². The van der Waals surface area contributed by atoms with Crippen LogP contribution in [0.15, 0.2) is 66.7 Å². The molecule has 0 unspecified atom stereocenters. The summed E-state index contributed by atoms with van der Waals surface area (Å²) in [7, 11) is 0. The minimum atomic E-state index is 0.0801. The molecule has 0 saturated heterocycles. The molecule has 2 nitrogen and oxygen atoms in total. The van der Waals surface area contributed by atoms with Crippen molar-refractivity contribution in [2.45, 2.75) is 12.5 Å². The van der Waals surface area contributed by atoms with Crippen LogP contribution >= 0.6 is 22.9 Å². The van der Waals surface area contributed by atoms with Gasteiger partial charge < -0.3 is 0 Å². The van der Waals surface area contributed by atoms with Crippen molar-refractivity contribution in [3.63, 3.8) is 0 Å². The van der Waals surface area contributed by atoms with Crippen molar-refractivity contribution >= 4 is 28.8 Å². The Kier molecular flexibility index (Phi) is 3.87. The summed E-state index contributed by atoms with van der Waals surface area (Å²) >= 11 is 2.08. The predicted molar refractivity (Wildman–Crippen MR) is 89.4 cm³/mol. The number of benzene rings is 2. The fourth-order valence-electron chi connectivity index (χ4n) is 2.36. The van der Waals surface area contributed by atoms with Crippen LogP contribution in [0.25, 0.3) is 11.1 Å². The number of rotatable bonds is 3. The quantitative estimate of drug-likeness (QED) is 0.587. The van der Waals surface area contributed by atoms with E-state index in [-0.39, 0.29) is 11.9 Å². The molecule has 2 aromatic carbocycles. The molecule has 0 spiro atoms. The number of hydrogen-bond donors (Lipinski definition) is 0. The summed E-state index contributed by atoms with van der Waals surface area (Å²) in [6.07, 6.45) is 4.48. The van der Waals surface area contributed by atoms with Crippen LogP contribution in [0.2, 0.25) is 0 Å². The maximum Gasteiger partial charge on any atom is 0.255 e. The molecule has 0 N–H and O–H groups in total. The Morgan fingerprint density at radius 3 is 2.20 bits per heavy atom.